The van der Waals surface area contributed by atoms with Crippen LogP contribution in [0.4, 0.5) is 4.39 Å². The highest BCUT2D eigenvalue weighted by Crippen LogP contribution is 2.39. The van der Waals surface area contributed by atoms with Crippen molar-refractivity contribution in [2.24, 2.45) is 0 Å². The van der Waals surface area contributed by atoms with Crippen LogP contribution in [-0.4, -0.2) is 59.4 Å². The Labute approximate surface area is 194 Å². The molecule has 1 fully saturated rings. The van der Waals surface area contributed by atoms with E-state index in [0.717, 1.165) is 19.5 Å². The molecule has 0 aromatic heterocycles. The fraction of sp³-hybridized carbons (Fsp3) is 0.385. The van der Waals surface area contributed by atoms with Crippen molar-refractivity contribution in [2.45, 2.75) is 33.2 Å². The number of carbonyl (C=O) groups is 2. The lowest BCUT2D eigenvalue weighted by atomic mass is 9.95. The standard InChI is InChI=1S/C26H31FN2O4/c1-4-16-33-21-9-7-8-19(17-21)24(30)22-23(18-10-12-20(27)13-11-18)29(26(32)25(22)31)15-14-28(5-2)6-3/h7-13,17,23,30H,4-6,14-16H2,1-3H3/b24-22+. The quantitative estimate of drug-likeness (QED) is 0.328. The third kappa shape index (κ3) is 5.42. The van der Waals surface area contributed by atoms with Gasteiger partial charge in [0.15, 0.2) is 0 Å². The first-order chi connectivity index (χ1) is 15.9. The van der Waals surface area contributed by atoms with Gasteiger partial charge in [0.2, 0.25) is 0 Å². The van der Waals surface area contributed by atoms with E-state index in [1.807, 2.05) is 20.8 Å². The van der Waals surface area contributed by atoms with Crippen molar-refractivity contribution < 1.29 is 23.8 Å². The minimum Gasteiger partial charge on any atom is -0.507 e. The molecule has 2 aromatic carbocycles. The molecule has 1 unspecified atom stereocenters. The zero-order chi connectivity index (χ0) is 24.0. The van der Waals surface area contributed by atoms with Crippen molar-refractivity contribution in [1.29, 1.82) is 0 Å². The molecule has 1 saturated heterocycles. The van der Waals surface area contributed by atoms with Crippen molar-refractivity contribution in [2.75, 3.05) is 32.8 Å². The summed E-state index contributed by atoms with van der Waals surface area (Å²) < 4.78 is 19.3. The summed E-state index contributed by atoms with van der Waals surface area (Å²) in [7, 11) is 0. The molecule has 33 heavy (non-hydrogen) atoms. The van der Waals surface area contributed by atoms with Crippen molar-refractivity contribution in [3.05, 3.63) is 71.0 Å². The summed E-state index contributed by atoms with van der Waals surface area (Å²) in [5.74, 6) is -1.54. The van der Waals surface area contributed by atoms with E-state index in [4.69, 9.17) is 4.74 Å². The van der Waals surface area contributed by atoms with Crippen molar-refractivity contribution >= 4 is 17.4 Å². The van der Waals surface area contributed by atoms with E-state index < -0.39 is 23.5 Å². The molecule has 1 heterocycles. The molecule has 1 aliphatic heterocycles. The summed E-state index contributed by atoms with van der Waals surface area (Å²) in [6, 6.07) is 11.7. The maximum atomic E-state index is 13.6. The smallest absolute Gasteiger partial charge is 0.295 e. The first kappa shape index (κ1) is 24.5. The van der Waals surface area contributed by atoms with Crippen LogP contribution in [0.3, 0.4) is 0 Å². The van der Waals surface area contributed by atoms with Gasteiger partial charge in [-0.25, -0.2) is 4.39 Å². The highest BCUT2D eigenvalue weighted by atomic mass is 19.1. The molecule has 1 amide bonds. The number of likely N-dealkylation sites (N-methyl/N-ethyl adjacent to an activating group) is 1. The third-order valence-electron chi connectivity index (χ3n) is 5.86. The van der Waals surface area contributed by atoms with Gasteiger partial charge in [-0.2, -0.15) is 0 Å². The van der Waals surface area contributed by atoms with Crippen LogP contribution in [-0.2, 0) is 9.59 Å². The number of nitrogens with zero attached hydrogens (tertiary/aromatic N) is 2. The average Bonchev–Trinajstić information content (AvgIpc) is 3.08. The van der Waals surface area contributed by atoms with Gasteiger partial charge >= 0.3 is 0 Å². The van der Waals surface area contributed by atoms with Gasteiger partial charge in [-0.15, -0.1) is 0 Å². The number of ether oxygens (including phenoxy) is 1. The molecule has 0 spiro atoms. The van der Waals surface area contributed by atoms with Gasteiger partial charge in [-0.3, -0.25) is 9.59 Å². The van der Waals surface area contributed by atoms with Crippen LogP contribution < -0.4 is 4.74 Å². The van der Waals surface area contributed by atoms with E-state index >= 15 is 0 Å². The second kappa shape index (κ2) is 11.1. The first-order valence-electron chi connectivity index (χ1n) is 11.4. The number of amides is 1. The number of halogens is 1. The lowest BCUT2D eigenvalue weighted by Gasteiger charge is -2.28. The van der Waals surface area contributed by atoms with Gasteiger partial charge in [0.05, 0.1) is 18.2 Å². The van der Waals surface area contributed by atoms with Gasteiger partial charge in [0, 0.05) is 18.7 Å². The Morgan fingerprint density at radius 3 is 2.42 bits per heavy atom. The monoisotopic (exact) mass is 454 g/mol. The zero-order valence-electron chi connectivity index (χ0n) is 19.4. The number of hydrogen-bond donors (Lipinski definition) is 1. The number of hydrogen-bond acceptors (Lipinski definition) is 5. The molecule has 0 saturated carbocycles. The maximum absolute atomic E-state index is 13.6. The van der Waals surface area contributed by atoms with E-state index in [0.29, 0.717) is 36.6 Å². The molecular formula is C26H31FN2O4. The average molecular weight is 455 g/mol. The van der Waals surface area contributed by atoms with Gasteiger partial charge in [-0.1, -0.05) is 45.0 Å². The molecular weight excluding hydrogens is 423 g/mol. The van der Waals surface area contributed by atoms with E-state index in [1.165, 1.54) is 17.0 Å². The van der Waals surface area contributed by atoms with Gasteiger partial charge < -0.3 is 19.6 Å². The zero-order valence-corrected chi connectivity index (χ0v) is 19.4. The van der Waals surface area contributed by atoms with Crippen LogP contribution in [0.15, 0.2) is 54.1 Å². The predicted molar refractivity (Wildman–Crippen MR) is 125 cm³/mol. The number of benzene rings is 2. The molecule has 0 bridgehead atoms. The highest BCUT2D eigenvalue weighted by molar-refractivity contribution is 6.46. The Bertz CT molecular complexity index is 1020. The molecule has 1 N–H and O–H groups in total. The van der Waals surface area contributed by atoms with E-state index in [9.17, 15) is 19.1 Å². The lowest BCUT2D eigenvalue weighted by molar-refractivity contribution is -0.140. The lowest BCUT2D eigenvalue weighted by Crippen LogP contribution is -2.38. The molecule has 1 aliphatic rings. The van der Waals surface area contributed by atoms with Gasteiger partial charge in [0.25, 0.3) is 11.7 Å². The van der Waals surface area contributed by atoms with Gasteiger partial charge in [-0.05, 0) is 49.3 Å². The molecule has 1 atom stereocenters. The maximum Gasteiger partial charge on any atom is 0.295 e. The van der Waals surface area contributed by atoms with Crippen LogP contribution in [0.5, 0.6) is 5.75 Å². The molecule has 6 nitrogen and oxygen atoms in total. The normalized spacial score (nSPS) is 17.7. The molecule has 3 rings (SSSR count). The number of carbonyl (C=O) groups excluding carboxylic acids is 2. The summed E-state index contributed by atoms with van der Waals surface area (Å²) in [5, 5.41) is 11.2. The number of likely N-dealkylation sites (tertiary alicyclic amines) is 1. The van der Waals surface area contributed by atoms with Crippen LogP contribution in [0, 0.1) is 5.82 Å². The Morgan fingerprint density at radius 1 is 1.09 bits per heavy atom. The minimum atomic E-state index is -0.804. The molecule has 0 aliphatic carbocycles. The van der Waals surface area contributed by atoms with Gasteiger partial charge in [0.1, 0.15) is 17.3 Å². The second-order valence-corrected chi connectivity index (χ2v) is 7.95. The number of aliphatic hydroxyl groups excluding tert-OH is 1. The van der Waals surface area contributed by atoms with E-state index in [2.05, 4.69) is 4.90 Å². The topological polar surface area (TPSA) is 70.1 Å². The summed E-state index contributed by atoms with van der Waals surface area (Å²) in [6.07, 6.45) is 0.832. The predicted octanol–water partition coefficient (Wildman–Crippen LogP) is 4.38. The number of Topliss-reactive ketones (excluding diaryl/α,β-unsaturated/α-hetero) is 1. The minimum absolute atomic E-state index is 0.00111. The van der Waals surface area contributed by atoms with Crippen LogP contribution in [0.25, 0.3) is 5.76 Å². The number of aliphatic hydroxyl groups is 1. The highest BCUT2D eigenvalue weighted by Gasteiger charge is 2.46. The first-order valence-corrected chi connectivity index (χ1v) is 11.4. The third-order valence-corrected chi connectivity index (χ3v) is 5.86. The molecule has 0 radical (unpaired) electrons. The van der Waals surface area contributed by atoms with E-state index in [-0.39, 0.29) is 11.3 Å². The fourth-order valence-corrected chi connectivity index (χ4v) is 4.00. The van der Waals surface area contributed by atoms with E-state index in [1.54, 1.807) is 36.4 Å². The summed E-state index contributed by atoms with van der Waals surface area (Å²) in [5.41, 5.74) is 0.950. The Hall–Kier alpha value is -3.19. The summed E-state index contributed by atoms with van der Waals surface area (Å²) in [6.45, 7) is 9.09. The Kier molecular flexibility index (Phi) is 8.22. The second-order valence-electron chi connectivity index (χ2n) is 7.95. The molecule has 176 valence electrons. The SMILES string of the molecule is CCCOc1cccc(/C(O)=C2\C(=O)C(=O)N(CCN(CC)CC)C2c2ccc(F)cc2)c1. The van der Waals surface area contributed by atoms with Crippen LogP contribution in [0.2, 0.25) is 0 Å². The largest absolute Gasteiger partial charge is 0.507 e. The van der Waals surface area contributed by atoms with Crippen molar-refractivity contribution in [3.63, 3.8) is 0 Å². The number of rotatable bonds is 10. The Morgan fingerprint density at radius 2 is 1.79 bits per heavy atom. The van der Waals surface area contributed by atoms with Crippen LogP contribution in [0.1, 0.15) is 44.4 Å². The van der Waals surface area contributed by atoms with Crippen molar-refractivity contribution in [3.8, 4) is 5.75 Å². The molecule has 7 heteroatoms. The Balaban J connectivity index is 2.06. The fourth-order valence-electron chi connectivity index (χ4n) is 4.00. The summed E-state index contributed by atoms with van der Waals surface area (Å²) in [4.78, 5) is 29.7. The number of ketones is 1. The molecule has 2 aromatic rings. The van der Waals surface area contributed by atoms with Crippen LogP contribution >= 0.6 is 0 Å². The van der Waals surface area contributed by atoms with Crippen molar-refractivity contribution in [1.82, 2.24) is 9.80 Å². The summed E-state index contributed by atoms with van der Waals surface area (Å²) >= 11 is 0.